The highest BCUT2D eigenvalue weighted by Crippen LogP contribution is 2.26. The number of nitrogens with one attached hydrogen (secondary N) is 3. The molecule has 3 N–H and O–H groups in total. The van der Waals surface area contributed by atoms with Gasteiger partial charge in [-0.15, -0.1) is 24.0 Å². The van der Waals surface area contributed by atoms with Crippen molar-refractivity contribution in [3.8, 4) is 0 Å². The molecule has 1 amide bonds. The normalized spacial score (nSPS) is 19.1. The first-order valence-corrected chi connectivity index (χ1v) is 11.2. The molecule has 174 valence electrons. The van der Waals surface area contributed by atoms with Gasteiger partial charge in [-0.3, -0.25) is 9.79 Å². The number of amides is 1. The van der Waals surface area contributed by atoms with Gasteiger partial charge in [0, 0.05) is 50.9 Å². The lowest BCUT2D eigenvalue weighted by atomic mass is 10.1. The van der Waals surface area contributed by atoms with E-state index < -0.39 is 0 Å². The average Bonchev–Trinajstić information content (AvgIpc) is 3.47. The number of halogens is 1. The molecule has 2 fully saturated rings. The first-order chi connectivity index (χ1) is 14.7. The molecule has 3 rings (SSSR count). The minimum Gasteiger partial charge on any atom is -0.381 e. The van der Waals surface area contributed by atoms with Crippen molar-refractivity contribution in [1.29, 1.82) is 0 Å². The van der Waals surface area contributed by atoms with E-state index in [1.54, 1.807) is 7.05 Å². The quantitative estimate of drug-likeness (QED) is 0.182. The monoisotopic (exact) mass is 544 g/mol. The second-order valence-corrected chi connectivity index (χ2v) is 8.18. The molecule has 1 aromatic rings. The van der Waals surface area contributed by atoms with Gasteiger partial charge in [0.15, 0.2) is 5.96 Å². The topological polar surface area (TPSA) is 84.0 Å². The van der Waals surface area contributed by atoms with Crippen molar-refractivity contribution in [3.05, 3.63) is 29.8 Å². The van der Waals surface area contributed by atoms with Crippen LogP contribution in [-0.4, -0.2) is 51.9 Å². The minimum absolute atomic E-state index is 0. The summed E-state index contributed by atoms with van der Waals surface area (Å²) in [5.74, 6) is 1.65. The number of benzene rings is 1. The Balaban J connectivity index is 0.00000341. The maximum absolute atomic E-state index is 12.3. The number of aliphatic imine (C=N–C) groups is 1. The summed E-state index contributed by atoms with van der Waals surface area (Å²) in [5.41, 5.74) is 1.96. The van der Waals surface area contributed by atoms with Crippen LogP contribution >= 0.6 is 24.0 Å². The van der Waals surface area contributed by atoms with Crippen molar-refractivity contribution in [2.45, 2.75) is 45.1 Å². The van der Waals surface area contributed by atoms with Crippen LogP contribution in [0, 0.1) is 11.8 Å². The highest BCUT2D eigenvalue weighted by Gasteiger charge is 2.22. The van der Waals surface area contributed by atoms with E-state index in [2.05, 4.69) is 20.9 Å². The molecule has 1 unspecified atom stereocenters. The van der Waals surface area contributed by atoms with Crippen LogP contribution in [0.1, 0.15) is 44.1 Å². The van der Waals surface area contributed by atoms with Crippen molar-refractivity contribution in [2.75, 3.05) is 45.3 Å². The molecule has 0 aromatic heterocycles. The van der Waals surface area contributed by atoms with Crippen LogP contribution in [0.15, 0.2) is 29.3 Å². The third kappa shape index (κ3) is 9.33. The number of anilines is 1. The van der Waals surface area contributed by atoms with Crippen molar-refractivity contribution >= 4 is 41.5 Å². The van der Waals surface area contributed by atoms with E-state index in [4.69, 9.17) is 9.47 Å². The van der Waals surface area contributed by atoms with Crippen LogP contribution in [0.5, 0.6) is 0 Å². The number of ether oxygens (including phenoxy) is 2. The minimum atomic E-state index is 0. The molecular formula is C23H37IN4O3. The summed E-state index contributed by atoms with van der Waals surface area (Å²) in [6.07, 6.45) is 6.38. The zero-order valence-electron chi connectivity index (χ0n) is 18.5. The van der Waals surface area contributed by atoms with Gasteiger partial charge in [-0.05, 0) is 43.4 Å². The van der Waals surface area contributed by atoms with Gasteiger partial charge in [-0.1, -0.05) is 25.0 Å². The Hall–Kier alpha value is -1.39. The summed E-state index contributed by atoms with van der Waals surface area (Å²) < 4.78 is 11.1. The molecule has 1 aromatic carbocycles. The van der Waals surface area contributed by atoms with Crippen LogP contribution in [0.3, 0.4) is 0 Å². The maximum Gasteiger partial charge on any atom is 0.227 e. The maximum atomic E-state index is 12.3. The van der Waals surface area contributed by atoms with Gasteiger partial charge in [-0.25, -0.2) is 0 Å². The third-order valence-corrected chi connectivity index (χ3v) is 5.74. The summed E-state index contributed by atoms with van der Waals surface area (Å²) in [5, 5.41) is 9.71. The van der Waals surface area contributed by atoms with Crippen LogP contribution in [0.25, 0.3) is 0 Å². The first-order valence-electron chi connectivity index (χ1n) is 11.2. The molecule has 0 radical (unpaired) electrons. The Morgan fingerprint density at radius 3 is 2.81 bits per heavy atom. The number of carbonyl (C=O) groups is 1. The Bertz CT molecular complexity index is 689. The third-order valence-electron chi connectivity index (χ3n) is 5.74. The Morgan fingerprint density at radius 1 is 1.23 bits per heavy atom. The largest absolute Gasteiger partial charge is 0.381 e. The summed E-state index contributed by atoms with van der Waals surface area (Å²) in [4.78, 5) is 16.6. The molecular weight excluding hydrogens is 507 g/mol. The van der Waals surface area contributed by atoms with Crippen molar-refractivity contribution in [2.24, 2.45) is 16.8 Å². The molecule has 0 spiro atoms. The van der Waals surface area contributed by atoms with Crippen LogP contribution in [-0.2, 0) is 20.8 Å². The number of nitrogens with zero attached hydrogens (tertiary/aromatic N) is 1. The first kappa shape index (κ1) is 25.9. The molecule has 7 nitrogen and oxygen atoms in total. The van der Waals surface area contributed by atoms with Gasteiger partial charge < -0.3 is 25.4 Å². The Kier molecular flexibility index (Phi) is 12.2. The second kappa shape index (κ2) is 14.6. The average molecular weight is 544 g/mol. The van der Waals surface area contributed by atoms with Gasteiger partial charge in [0.2, 0.25) is 5.91 Å². The molecule has 1 saturated heterocycles. The second-order valence-electron chi connectivity index (χ2n) is 8.18. The van der Waals surface area contributed by atoms with Gasteiger partial charge in [0.05, 0.1) is 13.2 Å². The highest BCUT2D eigenvalue weighted by atomic mass is 127. The number of rotatable bonds is 10. The highest BCUT2D eigenvalue weighted by molar-refractivity contribution is 14.0. The van der Waals surface area contributed by atoms with Gasteiger partial charge in [-0.2, -0.15) is 0 Å². The molecule has 1 heterocycles. The van der Waals surface area contributed by atoms with Gasteiger partial charge in [0.25, 0.3) is 0 Å². The van der Waals surface area contributed by atoms with E-state index in [1.165, 1.54) is 0 Å². The van der Waals surface area contributed by atoms with Crippen LogP contribution in [0.4, 0.5) is 5.69 Å². The molecule has 8 heteroatoms. The summed E-state index contributed by atoms with van der Waals surface area (Å²) in [7, 11) is 1.77. The van der Waals surface area contributed by atoms with E-state index in [0.717, 1.165) is 88.7 Å². The van der Waals surface area contributed by atoms with E-state index in [0.29, 0.717) is 12.5 Å². The SMILES string of the molecule is CN=C(NCCCOCC1CCOC1)NCc1cccc(NC(=O)C2CCCC2)c1.I. The van der Waals surface area contributed by atoms with Gasteiger partial charge in [0.1, 0.15) is 0 Å². The van der Waals surface area contributed by atoms with E-state index in [9.17, 15) is 4.79 Å². The van der Waals surface area contributed by atoms with Crippen molar-refractivity contribution < 1.29 is 14.3 Å². The Morgan fingerprint density at radius 2 is 2.06 bits per heavy atom. The van der Waals surface area contributed by atoms with Crippen LogP contribution < -0.4 is 16.0 Å². The van der Waals surface area contributed by atoms with Crippen molar-refractivity contribution in [1.82, 2.24) is 10.6 Å². The fourth-order valence-electron chi connectivity index (χ4n) is 3.94. The fourth-order valence-corrected chi connectivity index (χ4v) is 3.94. The predicted octanol–water partition coefficient (Wildman–Crippen LogP) is 3.54. The smallest absolute Gasteiger partial charge is 0.227 e. The molecule has 31 heavy (non-hydrogen) atoms. The molecule has 1 aliphatic carbocycles. The number of hydrogen-bond acceptors (Lipinski definition) is 4. The molecule has 1 aliphatic heterocycles. The van der Waals surface area contributed by atoms with Crippen molar-refractivity contribution in [3.63, 3.8) is 0 Å². The number of hydrogen-bond donors (Lipinski definition) is 3. The lowest BCUT2D eigenvalue weighted by molar-refractivity contribution is -0.119. The van der Waals surface area contributed by atoms with E-state index in [-0.39, 0.29) is 35.8 Å². The molecule has 0 bridgehead atoms. The standard InChI is InChI=1S/C23H36N4O3.HI/c1-24-23(25-11-5-12-29-16-19-10-13-30-17-19)26-15-18-6-4-9-21(14-18)27-22(28)20-7-2-3-8-20;/h4,6,9,14,19-20H,2-3,5,7-8,10-13,15-17H2,1H3,(H,27,28)(H2,24,25,26);1H. The van der Waals surface area contributed by atoms with E-state index >= 15 is 0 Å². The number of carbonyl (C=O) groups excluding carboxylic acids is 1. The van der Waals surface area contributed by atoms with E-state index in [1.807, 2.05) is 24.3 Å². The fraction of sp³-hybridized carbons (Fsp3) is 0.652. The lowest BCUT2D eigenvalue weighted by Gasteiger charge is -2.14. The summed E-state index contributed by atoms with van der Waals surface area (Å²) in [6.45, 7) is 4.68. The summed E-state index contributed by atoms with van der Waals surface area (Å²) >= 11 is 0. The zero-order valence-corrected chi connectivity index (χ0v) is 20.9. The Labute approximate surface area is 203 Å². The van der Waals surface area contributed by atoms with Gasteiger partial charge >= 0.3 is 0 Å². The molecule has 1 atom stereocenters. The number of guanidine groups is 1. The van der Waals surface area contributed by atoms with Crippen LogP contribution in [0.2, 0.25) is 0 Å². The molecule has 2 aliphatic rings. The lowest BCUT2D eigenvalue weighted by Crippen LogP contribution is -2.37. The zero-order chi connectivity index (χ0) is 21.0. The predicted molar refractivity (Wildman–Crippen MR) is 135 cm³/mol. The summed E-state index contributed by atoms with van der Waals surface area (Å²) in [6, 6.07) is 7.99. The molecule has 1 saturated carbocycles.